The van der Waals surface area contributed by atoms with Crippen LogP contribution < -0.4 is 26.8 Å². The van der Waals surface area contributed by atoms with Crippen molar-refractivity contribution in [3.8, 4) is 11.5 Å². The Hall–Kier alpha value is -3.17. The lowest BCUT2D eigenvalue weighted by molar-refractivity contribution is -0.384. The van der Waals surface area contributed by atoms with E-state index in [4.69, 9.17) is 9.47 Å². The lowest BCUT2D eigenvalue weighted by Crippen LogP contribution is -3.00. The highest BCUT2D eigenvalue weighted by atomic mass is 35.5. The van der Waals surface area contributed by atoms with Gasteiger partial charge in [-0.15, -0.1) is 0 Å². The smallest absolute Gasteiger partial charge is 0.270 e. The minimum absolute atomic E-state index is 0. The molecule has 3 heterocycles. The number of ether oxygens (including phenoxy) is 2. The number of piperazine rings is 1. The molecule has 0 N–H and O–H groups in total. The van der Waals surface area contributed by atoms with E-state index >= 15 is 0 Å². The van der Waals surface area contributed by atoms with Crippen molar-refractivity contribution in [2.75, 3.05) is 37.9 Å². The summed E-state index contributed by atoms with van der Waals surface area (Å²) in [6, 6.07) is 10.8. The van der Waals surface area contributed by atoms with E-state index in [1.165, 1.54) is 18.0 Å². The molecule has 30 heavy (non-hydrogen) atoms. The van der Waals surface area contributed by atoms with Crippen LogP contribution in [-0.4, -0.2) is 52.8 Å². The van der Waals surface area contributed by atoms with Gasteiger partial charge < -0.3 is 26.8 Å². The van der Waals surface area contributed by atoms with E-state index in [1.54, 1.807) is 12.1 Å². The van der Waals surface area contributed by atoms with E-state index in [-0.39, 0.29) is 29.8 Å². The Bertz CT molecular complexity index is 1090. The summed E-state index contributed by atoms with van der Waals surface area (Å²) < 4.78 is 10.8. The zero-order valence-corrected chi connectivity index (χ0v) is 16.8. The van der Waals surface area contributed by atoms with Gasteiger partial charge in [0.05, 0.1) is 10.4 Å². The Morgan fingerprint density at radius 2 is 1.80 bits per heavy atom. The van der Waals surface area contributed by atoms with E-state index in [2.05, 4.69) is 25.8 Å². The molecule has 1 saturated heterocycles. The van der Waals surface area contributed by atoms with Gasteiger partial charge in [0.2, 0.25) is 6.79 Å². The summed E-state index contributed by atoms with van der Waals surface area (Å²) in [6.07, 6.45) is 1.52. The molecule has 0 spiro atoms. The molecule has 9 nitrogen and oxygen atoms in total. The molecule has 1 fully saturated rings. The first-order chi connectivity index (χ1) is 14.2. The van der Waals surface area contributed by atoms with E-state index in [0.29, 0.717) is 10.9 Å². The zero-order chi connectivity index (χ0) is 19.8. The fraction of sp³-hybridized carbons (Fsp3) is 0.300. The van der Waals surface area contributed by atoms with Crippen molar-refractivity contribution in [1.82, 2.24) is 14.9 Å². The van der Waals surface area contributed by atoms with Crippen LogP contribution in [0.1, 0.15) is 5.56 Å². The monoisotopic (exact) mass is 428 g/mol. The normalized spacial score (nSPS) is 15.8. The Labute approximate surface area is 178 Å². The van der Waals surface area contributed by atoms with E-state index in [9.17, 15) is 10.1 Å². The van der Waals surface area contributed by atoms with Crippen molar-refractivity contribution < 1.29 is 26.8 Å². The number of fused-ring (bicyclic) bond motifs is 2. The average Bonchev–Trinajstić information content (AvgIpc) is 3.21. The number of hydrogen-bond donors (Lipinski definition) is 0. The quantitative estimate of drug-likeness (QED) is 0.409. The maximum absolute atomic E-state index is 11.1. The molecule has 0 atom stereocenters. The SMILES string of the molecule is O=[N+]([O-])c1ccc2ncnc(N3CCN(Cc4ccc5c(c4)OCO5)CC3)c2c1.[Cl-]. The highest BCUT2D eigenvalue weighted by Gasteiger charge is 2.22. The van der Waals surface area contributed by atoms with Gasteiger partial charge in [-0.2, -0.15) is 0 Å². The number of non-ortho nitro benzene ring substituents is 1. The van der Waals surface area contributed by atoms with Crippen LogP contribution in [0.25, 0.3) is 10.9 Å². The first kappa shape index (κ1) is 20.1. The van der Waals surface area contributed by atoms with E-state index < -0.39 is 0 Å². The minimum Gasteiger partial charge on any atom is -1.00 e. The van der Waals surface area contributed by atoms with Gasteiger partial charge >= 0.3 is 0 Å². The van der Waals surface area contributed by atoms with Crippen LogP contribution in [0.4, 0.5) is 11.5 Å². The van der Waals surface area contributed by atoms with Crippen molar-refractivity contribution >= 4 is 22.4 Å². The molecule has 0 saturated carbocycles. The zero-order valence-electron chi connectivity index (χ0n) is 16.0. The van der Waals surface area contributed by atoms with Crippen molar-refractivity contribution in [3.63, 3.8) is 0 Å². The molecule has 10 heteroatoms. The summed E-state index contributed by atoms with van der Waals surface area (Å²) in [5.74, 6) is 2.35. The third-order valence-electron chi connectivity index (χ3n) is 5.32. The molecule has 2 aliphatic rings. The summed E-state index contributed by atoms with van der Waals surface area (Å²) in [5, 5.41) is 11.9. The van der Waals surface area contributed by atoms with Crippen LogP contribution in [0.2, 0.25) is 0 Å². The molecule has 0 amide bonds. The third-order valence-corrected chi connectivity index (χ3v) is 5.32. The fourth-order valence-electron chi connectivity index (χ4n) is 3.81. The summed E-state index contributed by atoms with van der Waals surface area (Å²) >= 11 is 0. The van der Waals surface area contributed by atoms with Gasteiger partial charge in [0.15, 0.2) is 11.5 Å². The lowest BCUT2D eigenvalue weighted by atomic mass is 10.1. The molecular weight excluding hydrogens is 410 g/mol. The van der Waals surface area contributed by atoms with Gasteiger partial charge in [-0.25, -0.2) is 9.97 Å². The topological polar surface area (TPSA) is 93.9 Å². The van der Waals surface area contributed by atoms with Gasteiger partial charge in [-0.1, -0.05) is 6.07 Å². The molecule has 156 valence electrons. The lowest BCUT2D eigenvalue weighted by Gasteiger charge is -2.35. The fourth-order valence-corrected chi connectivity index (χ4v) is 3.81. The number of benzene rings is 2. The average molecular weight is 429 g/mol. The highest BCUT2D eigenvalue weighted by Crippen LogP contribution is 2.33. The molecule has 1 aromatic heterocycles. The Kier molecular flexibility index (Phi) is 5.56. The van der Waals surface area contributed by atoms with Crippen LogP contribution >= 0.6 is 0 Å². The third kappa shape index (κ3) is 3.81. The molecule has 5 rings (SSSR count). The Balaban J connectivity index is 0.00000218. The maximum atomic E-state index is 11.1. The standard InChI is InChI=1S/C20H19N5O4.ClH/c26-25(27)15-2-3-17-16(10-15)20(22-12-21-17)24-7-5-23(6-8-24)11-14-1-4-18-19(9-14)29-13-28-18;/h1-4,9-10,12H,5-8,11,13H2;1H/p-1. The summed E-state index contributed by atoms with van der Waals surface area (Å²) in [6.45, 7) is 4.44. The highest BCUT2D eigenvalue weighted by molar-refractivity contribution is 5.91. The number of aromatic nitrogens is 2. The number of anilines is 1. The number of nitro groups is 1. The number of rotatable bonds is 4. The molecule has 0 radical (unpaired) electrons. The first-order valence-corrected chi connectivity index (χ1v) is 9.42. The first-order valence-electron chi connectivity index (χ1n) is 9.42. The number of nitrogens with zero attached hydrogens (tertiary/aromatic N) is 5. The molecule has 3 aromatic rings. The minimum atomic E-state index is -0.389. The summed E-state index contributed by atoms with van der Waals surface area (Å²) in [4.78, 5) is 24.0. The molecule has 0 aliphatic carbocycles. The molecule has 0 bridgehead atoms. The second-order valence-electron chi connectivity index (χ2n) is 7.11. The molecule has 2 aromatic carbocycles. The van der Waals surface area contributed by atoms with Crippen molar-refractivity contribution in [2.24, 2.45) is 0 Å². The summed E-state index contributed by atoms with van der Waals surface area (Å²) in [5.41, 5.74) is 1.95. The second kappa shape index (κ2) is 8.29. The Morgan fingerprint density at radius 3 is 2.60 bits per heavy atom. The van der Waals surface area contributed by atoms with Crippen molar-refractivity contribution in [3.05, 3.63) is 58.4 Å². The van der Waals surface area contributed by atoms with E-state index in [0.717, 1.165) is 50.0 Å². The van der Waals surface area contributed by atoms with Gasteiger partial charge in [0.1, 0.15) is 12.1 Å². The molecule has 0 unspecified atom stereocenters. The van der Waals surface area contributed by atoms with Gasteiger partial charge in [0.25, 0.3) is 5.69 Å². The number of hydrogen-bond acceptors (Lipinski definition) is 8. The summed E-state index contributed by atoms with van der Waals surface area (Å²) in [7, 11) is 0. The van der Waals surface area contributed by atoms with Crippen molar-refractivity contribution in [2.45, 2.75) is 6.54 Å². The van der Waals surface area contributed by atoms with Crippen LogP contribution in [0.3, 0.4) is 0 Å². The molecule has 2 aliphatic heterocycles. The largest absolute Gasteiger partial charge is 1.00 e. The van der Waals surface area contributed by atoms with Crippen LogP contribution in [0.5, 0.6) is 11.5 Å². The van der Waals surface area contributed by atoms with Gasteiger partial charge in [-0.05, 0) is 23.8 Å². The van der Waals surface area contributed by atoms with Gasteiger partial charge in [0, 0.05) is 50.2 Å². The van der Waals surface area contributed by atoms with Crippen molar-refractivity contribution in [1.29, 1.82) is 0 Å². The van der Waals surface area contributed by atoms with Gasteiger partial charge in [-0.3, -0.25) is 15.0 Å². The predicted octanol–water partition coefficient (Wildman–Crippen LogP) is -0.407. The van der Waals surface area contributed by atoms with E-state index in [1.807, 2.05) is 12.1 Å². The second-order valence-corrected chi connectivity index (χ2v) is 7.11. The number of halogens is 1. The number of nitro benzene ring substituents is 1. The predicted molar refractivity (Wildman–Crippen MR) is 106 cm³/mol. The Morgan fingerprint density at radius 1 is 1.00 bits per heavy atom. The van der Waals surface area contributed by atoms with Crippen LogP contribution in [0.15, 0.2) is 42.7 Å². The molecular formula is C20H19ClN5O4-. The maximum Gasteiger partial charge on any atom is 0.270 e. The van der Waals surface area contributed by atoms with Crippen LogP contribution in [0, 0.1) is 10.1 Å². The van der Waals surface area contributed by atoms with Crippen LogP contribution in [-0.2, 0) is 6.54 Å².